The molecule has 0 radical (unpaired) electrons. The molecule has 2 aromatic heterocycles. The first kappa shape index (κ1) is 16.1. The fourth-order valence-electron chi connectivity index (χ4n) is 3.31. The Labute approximate surface area is 150 Å². The molecule has 0 unspecified atom stereocenters. The molecule has 1 saturated heterocycles. The first-order valence-corrected chi connectivity index (χ1v) is 9.52. The summed E-state index contributed by atoms with van der Waals surface area (Å²) >= 11 is 1.59. The summed E-state index contributed by atoms with van der Waals surface area (Å²) in [6.07, 6.45) is 7.06. The van der Waals surface area contributed by atoms with E-state index in [-0.39, 0.29) is 6.03 Å². The number of benzene rings is 1. The number of aryl methyl sites for hydroxylation is 1. The number of piperidine rings is 1. The number of carbonyl (C=O) groups excluding carboxylic acids is 1. The molecule has 7 heteroatoms. The number of nitrogens with zero attached hydrogens (tertiary/aromatic N) is 4. The minimum atomic E-state index is -0.00519. The summed E-state index contributed by atoms with van der Waals surface area (Å²) < 4.78 is 3.07. The van der Waals surface area contributed by atoms with Gasteiger partial charge in [0, 0.05) is 37.7 Å². The quantitative estimate of drug-likeness (QED) is 0.774. The van der Waals surface area contributed by atoms with Crippen LogP contribution >= 0.6 is 11.3 Å². The van der Waals surface area contributed by atoms with Gasteiger partial charge < -0.3 is 10.2 Å². The van der Waals surface area contributed by atoms with Gasteiger partial charge in [0.15, 0.2) is 0 Å². The zero-order valence-electron chi connectivity index (χ0n) is 14.0. The van der Waals surface area contributed by atoms with E-state index in [1.807, 2.05) is 51.8 Å². The van der Waals surface area contributed by atoms with Crippen LogP contribution in [0.1, 0.15) is 19.3 Å². The van der Waals surface area contributed by atoms with Crippen molar-refractivity contribution in [2.24, 2.45) is 5.92 Å². The molecule has 0 bridgehead atoms. The van der Waals surface area contributed by atoms with E-state index in [2.05, 4.69) is 15.4 Å². The van der Waals surface area contributed by atoms with Crippen LogP contribution in [-0.2, 0) is 6.54 Å². The van der Waals surface area contributed by atoms with Crippen molar-refractivity contribution >= 4 is 33.3 Å². The monoisotopic (exact) mass is 355 g/mol. The maximum Gasteiger partial charge on any atom is 0.321 e. The summed E-state index contributed by atoms with van der Waals surface area (Å²) in [5, 5.41) is 7.26. The third kappa shape index (κ3) is 3.82. The van der Waals surface area contributed by atoms with Gasteiger partial charge in [-0.3, -0.25) is 4.68 Å². The second-order valence-corrected chi connectivity index (χ2v) is 7.34. The number of aromatic nitrogens is 3. The van der Waals surface area contributed by atoms with Crippen LogP contribution in [0.5, 0.6) is 0 Å². The highest BCUT2D eigenvalue weighted by Gasteiger charge is 2.22. The lowest BCUT2D eigenvalue weighted by molar-refractivity contribution is 0.177. The third-order valence-corrected chi connectivity index (χ3v) is 5.60. The molecule has 130 valence electrons. The number of fused-ring (bicyclic) bond motifs is 1. The van der Waals surface area contributed by atoms with Crippen molar-refractivity contribution < 1.29 is 4.79 Å². The van der Waals surface area contributed by atoms with Gasteiger partial charge in [-0.05, 0) is 49.4 Å². The number of carbonyl (C=O) groups is 1. The Kier molecular flexibility index (Phi) is 4.65. The molecule has 0 aliphatic carbocycles. The Hall–Kier alpha value is -2.41. The topological polar surface area (TPSA) is 63.1 Å². The van der Waals surface area contributed by atoms with Gasteiger partial charge in [-0.15, -0.1) is 11.3 Å². The summed E-state index contributed by atoms with van der Waals surface area (Å²) in [7, 11) is 0. The predicted molar refractivity (Wildman–Crippen MR) is 99.8 cm³/mol. The van der Waals surface area contributed by atoms with E-state index in [1.54, 1.807) is 11.3 Å². The average molecular weight is 355 g/mol. The standard InChI is InChI=1S/C18H21N5OS/c24-18(21-15-2-3-16-17(12-15)25-13-19-16)22-9-4-14(5-10-22)6-11-23-8-1-7-20-23/h1-3,7-8,12-14H,4-6,9-11H2,(H,21,24). The molecule has 0 spiro atoms. The molecule has 0 saturated carbocycles. The minimum absolute atomic E-state index is 0.00519. The molecule has 25 heavy (non-hydrogen) atoms. The summed E-state index contributed by atoms with van der Waals surface area (Å²) in [4.78, 5) is 18.7. The van der Waals surface area contributed by atoms with E-state index in [0.717, 1.165) is 54.8 Å². The van der Waals surface area contributed by atoms with Crippen LogP contribution in [0.25, 0.3) is 10.2 Å². The molecule has 1 aliphatic rings. The van der Waals surface area contributed by atoms with E-state index in [1.165, 1.54) is 0 Å². The molecule has 3 heterocycles. The van der Waals surface area contributed by atoms with Crippen LogP contribution in [0.15, 0.2) is 42.2 Å². The summed E-state index contributed by atoms with van der Waals surface area (Å²) in [5.74, 6) is 0.668. The van der Waals surface area contributed by atoms with Gasteiger partial charge in [0.2, 0.25) is 0 Å². The highest BCUT2D eigenvalue weighted by Crippen LogP contribution is 2.24. The van der Waals surface area contributed by atoms with Gasteiger partial charge in [0.25, 0.3) is 0 Å². The predicted octanol–water partition coefficient (Wildman–Crippen LogP) is 3.83. The van der Waals surface area contributed by atoms with Gasteiger partial charge in [0.05, 0.1) is 15.7 Å². The summed E-state index contributed by atoms with van der Waals surface area (Å²) in [6.45, 7) is 2.59. The maximum absolute atomic E-state index is 12.5. The molecule has 3 aromatic rings. The molecule has 0 atom stereocenters. The van der Waals surface area contributed by atoms with Crippen LogP contribution in [0.4, 0.5) is 10.5 Å². The molecule has 4 rings (SSSR count). The minimum Gasteiger partial charge on any atom is -0.325 e. The first-order chi connectivity index (χ1) is 12.3. The number of anilines is 1. The average Bonchev–Trinajstić information content (AvgIpc) is 3.31. The van der Waals surface area contributed by atoms with Crippen molar-refractivity contribution in [1.29, 1.82) is 0 Å². The second-order valence-electron chi connectivity index (χ2n) is 6.45. The van der Waals surface area contributed by atoms with Crippen LogP contribution in [0.2, 0.25) is 0 Å². The number of rotatable bonds is 4. The van der Waals surface area contributed by atoms with Crippen LogP contribution < -0.4 is 5.32 Å². The summed E-state index contributed by atoms with van der Waals surface area (Å²) in [5.41, 5.74) is 3.63. The molecule has 6 nitrogen and oxygen atoms in total. The van der Waals surface area contributed by atoms with E-state index >= 15 is 0 Å². The Morgan fingerprint density at radius 1 is 1.32 bits per heavy atom. The SMILES string of the molecule is O=C(Nc1ccc2ncsc2c1)N1CCC(CCn2cccn2)CC1. The molecule has 2 amide bonds. The first-order valence-electron chi connectivity index (χ1n) is 8.64. The Bertz CT molecular complexity index is 836. The largest absolute Gasteiger partial charge is 0.325 e. The number of thiazole rings is 1. The Morgan fingerprint density at radius 3 is 3.00 bits per heavy atom. The number of likely N-dealkylation sites (tertiary alicyclic amines) is 1. The molecular weight excluding hydrogens is 334 g/mol. The molecule has 1 aromatic carbocycles. The Balaban J connectivity index is 1.27. The smallest absolute Gasteiger partial charge is 0.321 e. The van der Waals surface area contributed by atoms with E-state index in [4.69, 9.17) is 0 Å². The summed E-state index contributed by atoms with van der Waals surface area (Å²) in [6, 6.07) is 7.80. The fraction of sp³-hybridized carbons (Fsp3) is 0.389. The normalized spacial score (nSPS) is 15.6. The number of amides is 2. The zero-order valence-corrected chi connectivity index (χ0v) is 14.8. The highest BCUT2D eigenvalue weighted by atomic mass is 32.1. The van der Waals surface area contributed by atoms with Crippen molar-refractivity contribution in [3.63, 3.8) is 0 Å². The van der Waals surface area contributed by atoms with Crippen molar-refractivity contribution in [2.45, 2.75) is 25.8 Å². The van der Waals surface area contributed by atoms with Crippen molar-refractivity contribution in [3.05, 3.63) is 42.2 Å². The van der Waals surface area contributed by atoms with Gasteiger partial charge in [-0.2, -0.15) is 5.10 Å². The van der Waals surface area contributed by atoms with Crippen molar-refractivity contribution in [2.75, 3.05) is 18.4 Å². The molecule has 1 aliphatic heterocycles. The van der Waals surface area contributed by atoms with Crippen LogP contribution in [-0.4, -0.2) is 38.8 Å². The van der Waals surface area contributed by atoms with Gasteiger partial charge >= 0.3 is 6.03 Å². The molecule has 1 fully saturated rings. The van der Waals surface area contributed by atoms with E-state index in [0.29, 0.717) is 5.92 Å². The van der Waals surface area contributed by atoms with Crippen molar-refractivity contribution in [3.8, 4) is 0 Å². The number of hydrogen-bond acceptors (Lipinski definition) is 4. The molecular formula is C18H21N5OS. The lowest BCUT2D eigenvalue weighted by Gasteiger charge is -2.32. The second kappa shape index (κ2) is 7.23. The maximum atomic E-state index is 12.5. The zero-order chi connectivity index (χ0) is 17.1. The molecule has 1 N–H and O–H groups in total. The fourth-order valence-corrected chi connectivity index (χ4v) is 4.02. The number of nitrogens with one attached hydrogen (secondary N) is 1. The van der Waals surface area contributed by atoms with Gasteiger partial charge in [0.1, 0.15) is 0 Å². The van der Waals surface area contributed by atoms with E-state index in [9.17, 15) is 4.79 Å². The number of urea groups is 1. The lowest BCUT2D eigenvalue weighted by Crippen LogP contribution is -2.41. The van der Waals surface area contributed by atoms with Gasteiger partial charge in [-0.25, -0.2) is 9.78 Å². The highest BCUT2D eigenvalue weighted by molar-refractivity contribution is 7.16. The third-order valence-electron chi connectivity index (χ3n) is 4.81. The number of hydrogen-bond donors (Lipinski definition) is 1. The van der Waals surface area contributed by atoms with Crippen molar-refractivity contribution in [1.82, 2.24) is 19.7 Å². The lowest BCUT2D eigenvalue weighted by atomic mass is 9.94. The van der Waals surface area contributed by atoms with E-state index < -0.39 is 0 Å². The van der Waals surface area contributed by atoms with Crippen LogP contribution in [0, 0.1) is 5.92 Å². The van der Waals surface area contributed by atoms with Gasteiger partial charge in [-0.1, -0.05) is 0 Å². The van der Waals surface area contributed by atoms with Crippen LogP contribution in [0.3, 0.4) is 0 Å². The Morgan fingerprint density at radius 2 is 2.20 bits per heavy atom.